The van der Waals surface area contributed by atoms with Gasteiger partial charge in [-0.05, 0) is 345 Å². The molecule has 18 heteroatoms. The normalized spacial score (nSPS) is 30.5. The Labute approximate surface area is 654 Å². The summed E-state index contributed by atoms with van der Waals surface area (Å²) in [6.07, 6.45) is 15.0. The number of carbonyl (C=O) groups excluding carboxylic acids is 4. The first-order valence-electron chi connectivity index (χ1n) is 41.4. The summed E-state index contributed by atoms with van der Waals surface area (Å²) in [7, 11) is 19.0. The van der Waals surface area contributed by atoms with Gasteiger partial charge in [-0.1, -0.05) is 27.7 Å². The molecule has 8 saturated heterocycles. The van der Waals surface area contributed by atoms with Gasteiger partial charge in [0.05, 0.1) is 85.0 Å². The lowest BCUT2D eigenvalue weighted by molar-refractivity contribution is -0.341. The minimum absolute atomic E-state index is 0.0228. The molecule has 2 unspecified atom stereocenters. The monoisotopic (exact) mass is 1510 g/mol. The summed E-state index contributed by atoms with van der Waals surface area (Å²) in [6.45, 7) is 73.7. The molecule has 8 aliphatic rings. The topological polar surface area (TPSA) is 162 Å². The average molecular weight is 1510 g/mol. The van der Waals surface area contributed by atoms with Crippen molar-refractivity contribution in [1.82, 2.24) is 29.4 Å². The molecule has 622 valence electrons. The lowest BCUT2D eigenvalue weighted by atomic mass is 9.44. The van der Waals surface area contributed by atoms with E-state index in [1.165, 1.54) is 77.0 Å². The number of likely N-dealkylation sites (tertiary alicyclic amines) is 6. The van der Waals surface area contributed by atoms with E-state index >= 15 is 0 Å². The first kappa shape index (κ1) is 91.7. The zero-order chi connectivity index (χ0) is 81.8. The van der Waals surface area contributed by atoms with Gasteiger partial charge in [-0.25, -0.2) is 0 Å². The van der Waals surface area contributed by atoms with Crippen molar-refractivity contribution in [3.8, 4) is 0 Å². The molecule has 0 bridgehead atoms. The van der Waals surface area contributed by atoms with Crippen LogP contribution in [0.5, 0.6) is 0 Å². The third kappa shape index (κ3) is 18.3. The first-order valence-corrected chi connectivity index (χ1v) is 41.4. The highest BCUT2D eigenvalue weighted by atomic mass is 16.7. The molecule has 0 saturated carbocycles. The number of hydrogen-bond acceptors (Lipinski definition) is 18. The molecule has 2 atom stereocenters. The lowest BCUT2D eigenvalue weighted by Crippen LogP contribution is -2.69. The molecule has 0 aromatic carbocycles. The van der Waals surface area contributed by atoms with E-state index in [9.17, 15) is 19.2 Å². The van der Waals surface area contributed by atoms with E-state index in [1.807, 2.05) is 0 Å². The third-order valence-corrected chi connectivity index (χ3v) is 32.1. The SMILES string of the molecule is CN1C(C)(C)CC(C(CC(C)(C)C2OCC3(CO2)COC(C(C)(C)CC(C2CC(C)(C)N(C)C(C)(C)C2)(C2CC(C)(C)N(C)C(C)(C)C2)C2CC(C)(C)N(C)C(C)(C)C2)OC3)(C2CC(C)(C)N(C)C(C)(C)C2)C2CC(C)(C)N(C)C(C)(C)C2)CC1(C)C.COC(=O)CC(C(=O)OC)C(CC(=O)OC)C(=O)OC. The quantitative estimate of drug-likeness (QED) is 0.0886. The molecular formula is C89H164N6O12. The molecule has 0 amide bonds. The van der Waals surface area contributed by atoms with Gasteiger partial charge in [-0.3, -0.25) is 48.6 Å². The van der Waals surface area contributed by atoms with Crippen LogP contribution < -0.4 is 0 Å². The van der Waals surface area contributed by atoms with E-state index in [1.54, 1.807) is 0 Å². The molecule has 0 radical (unpaired) electrons. The number of carbonyl (C=O) groups is 4. The van der Waals surface area contributed by atoms with Crippen LogP contribution in [0.1, 0.15) is 297 Å². The van der Waals surface area contributed by atoms with Crippen LogP contribution in [0, 0.1) is 74.4 Å². The van der Waals surface area contributed by atoms with Crippen LogP contribution in [0.4, 0.5) is 0 Å². The van der Waals surface area contributed by atoms with Crippen molar-refractivity contribution in [3.63, 3.8) is 0 Å². The number of piperidine rings is 6. The zero-order valence-electron chi connectivity index (χ0n) is 76.0. The number of nitrogens with zero attached hydrogens (tertiary/aromatic N) is 6. The largest absolute Gasteiger partial charge is 0.469 e. The van der Waals surface area contributed by atoms with Crippen molar-refractivity contribution in [2.24, 2.45) is 74.4 Å². The Bertz CT molecular complexity index is 2570. The highest BCUT2D eigenvalue weighted by molar-refractivity contribution is 5.88. The van der Waals surface area contributed by atoms with Gasteiger partial charge in [0.25, 0.3) is 0 Å². The minimum Gasteiger partial charge on any atom is -0.469 e. The second-order valence-corrected chi connectivity index (χ2v) is 45.5. The third-order valence-electron chi connectivity index (χ3n) is 32.1. The Balaban J connectivity index is 0.000000695. The van der Waals surface area contributed by atoms with E-state index < -0.39 is 48.6 Å². The van der Waals surface area contributed by atoms with Gasteiger partial charge >= 0.3 is 23.9 Å². The Morgan fingerprint density at radius 3 is 0.607 bits per heavy atom. The fourth-order valence-electron chi connectivity index (χ4n) is 25.0. The van der Waals surface area contributed by atoms with Crippen molar-refractivity contribution < 1.29 is 57.1 Å². The molecule has 8 fully saturated rings. The Kier molecular flexibility index (Phi) is 26.5. The molecule has 1 spiro atoms. The standard InChI is InChI=1S/C77H146N6O4.C12H18O8/c1-61(2,47-76(53-35-63(5,6)78(29)64(7,8)36-53,54-37-65(9,10)79(30)66(11,12)38-54)55-39-67(13,14)80(31)68(15,16)40-55)59-84-49-75(50-85-59)51-86-60(87-52-75)62(3,4)48-77(56-41-69(17,18)81(32)70(19,20)42-56,57-43-71(21,22)82(33)72(23,24)44-57)58-45-73(25,26)83(34)74(27,28)46-58;1-17-9(13)5-7(11(15)19-3)8(12(16)20-4)6-10(14)18-2/h53-60H,35-52H2,1-34H3;7-8H,5-6H2,1-4H3. The van der Waals surface area contributed by atoms with Gasteiger partial charge in [0.1, 0.15) is 0 Å². The molecule has 8 heterocycles. The first-order chi connectivity index (χ1) is 48.2. The molecule has 0 aromatic rings. The average Bonchev–Trinajstić information content (AvgIpc) is 0.706. The maximum atomic E-state index is 11.7. The van der Waals surface area contributed by atoms with Gasteiger partial charge in [0, 0.05) is 77.3 Å². The van der Waals surface area contributed by atoms with Crippen LogP contribution in [0.25, 0.3) is 0 Å². The Morgan fingerprint density at radius 2 is 0.467 bits per heavy atom. The number of rotatable bonds is 19. The summed E-state index contributed by atoms with van der Waals surface area (Å²) in [5.74, 6) is -2.24. The van der Waals surface area contributed by atoms with Gasteiger partial charge < -0.3 is 37.9 Å². The lowest BCUT2D eigenvalue weighted by Gasteiger charge is -2.68. The highest BCUT2D eigenvalue weighted by Gasteiger charge is 2.67. The molecular weight excluding hydrogens is 1350 g/mol. The maximum Gasteiger partial charge on any atom is 0.310 e. The molecule has 0 aromatic heterocycles. The number of hydrogen-bond donors (Lipinski definition) is 0. The van der Waals surface area contributed by atoms with E-state index in [0.717, 1.165) is 41.3 Å². The predicted molar refractivity (Wildman–Crippen MR) is 432 cm³/mol. The van der Waals surface area contributed by atoms with Crippen LogP contribution in [-0.4, -0.2) is 229 Å². The van der Waals surface area contributed by atoms with Crippen molar-refractivity contribution >= 4 is 23.9 Å². The fourth-order valence-corrected chi connectivity index (χ4v) is 25.0. The number of esters is 4. The van der Waals surface area contributed by atoms with E-state index in [0.29, 0.717) is 61.9 Å². The fraction of sp³-hybridized carbons (Fsp3) is 0.955. The predicted octanol–water partition coefficient (Wildman–Crippen LogP) is 16.6. The van der Waals surface area contributed by atoms with Crippen LogP contribution in [0.2, 0.25) is 0 Å². The van der Waals surface area contributed by atoms with Gasteiger partial charge in [0.15, 0.2) is 12.6 Å². The van der Waals surface area contributed by atoms with Gasteiger partial charge in [0.2, 0.25) is 0 Å². The van der Waals surface area contributed by atoms with Gasteiger partial charge in [-0.2, -0.15) is 0 Å². The highest BCUT2D eigenvalue weighted by Crippen LogP contribution is 2.69. The minimum atomic E-state index is -1.18. The summed E-state index contributed by atoms with van der Waals surface area (Å²) in [6, 6.07) is 0. The smallest absolute Gasteiger partial charge is 0.310 e. The number of methoxy groups -OCH3 is 4. The Hall–Kier alpha value is -2.52. The van der Waals surface area contributed by atoms with Crippen molar-refractivity contribution in [3.05, 3.63) is 0 Å². The van der Waals surface area contributed by atoms with Crippen LogP contribution >= 0.6 is 0 Å². The number of ether oxygens (including phenoxy) is 8. The second-order valence-electron chi connectivity index (χ2n) is 45.5. The molecule has 0 aliphatic carbocycles. The molecule has 8 aliphatic heterocycles. The van der Waals surface area contributed by atoms with Crippen molar-refractivity contribution in [1.29, 1.82) is 0 Å². The summed E-state index contributed by atoms with van der Waals surface area (Å²) >= 11 is 0. The van der Waals surface area contributed by atoms with E-state index in [2.05, 4.69) is 284 Å². The molecule has 0 N–H and O–H groups in total. The second kappa shape index (κ2) is 30.9. The summed E-state index contributed by atoms with van der Waals surface area (Å²) < 4.78 is 47.6. The zero-order valence-corrected chi connectivity index (χ0v) is 76.0. The van der Waals surface area contributed by atoms with Crippen LogP contribution in [-0.2, 0) is 57.1 Å². The van der Waals surface area contributed by atoms with Crippen molar-refractivity contribution in [2.75, 3.05) is 97.2 Å². The maximum absolute atomic E-state index is 11.7. The summed E-state index contributed by atoms with van der Waals surface area (Å²) in [5, 5.41) is 0. The van der Waals surface area contributed by atoms with Crippen LogP contribution in [0.15, 0.2) is 0 Å². The van der Waals surface area contributed by atoms with E-state index in [-0.39, 0.29) is 106 Å². The summed E-state index contributed by atoms with van der Waals surface area (Å²) in [5.41, 5.74) is -0.251. The van der Waals surface area contributed by atoms with Crippen LogP contribution in [0.3, 0.4) is 0 Å². The van der Waals surface area contributed by atoms with Gasteiger partial charge in [-0.15, -0.1) is 0 Å². The summed E-state index contributed by atoms with van der Waals surface area (Å²) in [4.78, 5) is 62.4. The van der Waals surface area contributed by atoms with E-state index in [4.69, 9.17) is 18.9 Å². The Morgan fingerprint density at radius 1 is 0.308 bits per heavy atom. The molecule has 18 nitrogen and oxygen atoms in total. The molecule has 8 rings (SSSR count). The molecule has 107 heavy (non-hydrogen) atoms. The van der Waals surface area contributed by atoms with Crippen molar-refractivity contribution in [2.45, 2.75) is 376 Å².